The maximum atomic E-state index is 6.04. The maximum absolute atomic E-state index is 6.04. The van der Waals surface area contributed by atoms with E-state index in [1.807, 2.05) is 0 Å². The lowest BCUT2D eigenvalue weighted by atomic mass is 10.1. The largest absolute Gasteiger partial charge is 0.493 e. The van der Waals surface area contributed by atoms with Crippen molar-refractivity contribution in [2.24, 2.45) is 0 Å². The van der Waals surface area contributed by atoms with Gasteiger partial charge in [-0.05, 0) is 38.9 Å². The van der Waals surface area contributed by atoms with Crippen LogP contribution < -0.4 is 9.47 Å². The smallest absolute Gasteiger partial charge is 0.123 e. The molecule has 0 atom stereocenters. The minimum atomic E-state index is 0.686. The van der Waals surface area contributed by atoms with E-state index in [0.29, 0.717) is 13.2 Å². The molecule has 0 aromatic heterocycles. The normalized spacial score (nSPS) is 15.8. The molecule has 0 N–H and O–H groups in total. The van der Waals surface area contributed by atoms with E-state index in [1.54, 1.807) is 0 Å². The molecule has 3 nitrogen and oxygen atoms in total. The molecule has 0 saturated heterocycles. The van der Waals surface area contributed by atoms with Crippen molar-refractivity contribution in [3.05, 3.63) is 58.7 Å². The van der Waals surface area contributed by atoms with Crippen LogP contribution in [0.2, 0.25) is 0 Å². The number of hydrogen-bond acceptors (Lipinski definition) is 3. The molecule has 0 radical (unpaired) electrons. The molecule has 134 valence electrons. The molecule has 1 heterocycles. The van der Waals surface area contributed by atoms with Crippen molar-refractivity contribution in [3.8, 4) is 11.5 Å². The highest BCUT2D eigenvalue weighted by atomic mass is 16.5. The quantitative estimate of drug-likeness (QED) is 0.778. The van der Waals surface area contributed by atoms with Gasteiger partial charge in [-0.2, -0.15) is 0 Å². The molecule has 25 heavy (non-hydrogen) atoms. The van der Waals surface area contributed by atoms with E-state index in [-0.39, 0.29) is 0 Å². The van der Waals surface area contributed by atoms with Crippen LogP contribution >= 0.6 is 0 Å². The zero-order valence-corrected chi connectivity index (χ0v) is 15.7. The Bertz CT molecular complexity index is 654. The summed E-state index contributed by atoms with van der Waals surface area (Å²) in [4.78, 5) is 2.49. The van der Waals surface area contributed by atoms with Gasteiger partial charge in [0.1, 0.15) is 11.5 Å². The zero-order valence-electron chi connectivity index (χ0n) is 15.7. The van der Waals surface area contributed by atoms with Crippen molar-refractivity contribution < 1.29 is 9.47 Å². The van der Waals surface area contributed by atoms with Gasteiger partial charge in [-0.25, -0.2) is 0 Å². The molecule has 0 saturated carbocycles. The van der Waals surface area contributed by atoms with Gasteiger partial charge in [-0.1, -0.05) is 42.3 Å². The number of hydrogen-bond donors (Lipinski definition) is 0. The zero-order chi connectivity index (χ0) is 17.6. The molecule has 3 rings (SSSR count). The third kappa shape index (κ3) is 4.76. The van der Waals surface area contributed by atoms with Crippen LogP contribution in [0.4, 0.5) is 0 Å². The van der Waals surface area contributed by atoms with Crippen LogP contribution in [0.5, 0.6) is 11.5 Å². The van der Waals surface area contributed by atoms with E-state index < -0.39 is 0 Å². The Balaban J connectivity index is 1.93. The third-order valence-corrected chi connectivity index (χ3v) is 4.56. The molecule has 0 fully saturated rings. The number of fused-ring (bicyclic) bond motifs is 2. The second-order valence-electron chi connectivity index (χ2n) is 6.98. The van der Waals surface area contributed by atoms with Gasteiger partial charge in [0.15, 0.2) is 0 Å². The van der Waals surface area contributed by atoms with Crippen LogP contribution in [0.3, 0.4) is 0 Å². The van der Waals surface area contributed by atoms with Crippen LogP contribution in [-0.4, -0.2) is 24.7 Å². The fraction of sp³-hybridized carbons (Fsp3) is 0.455. The summed E-state index contributed by atoms with van der Waals surface area (Å²) in [6, 6.07) is 13.0. The Morgan fingerprint density at radius 3 is 1.84 bits per heavy atom. The molecule has 0 unspecified atom stereocenters. The van der Waals surface area contributed by atoms with Gasteiger partial charge in [0, 0.05) is 30.6 Å². The predicted molar refractivity (Wildman–Crippen MR) is 102 cm³/mol. The van der Waals surface area contributed by atoms with Gasteiger partial charge < -0.3 is 9.47 Å². The van der Waals surface area contributed by atoms with Crippen LogP contribution in [0.1, 0.15) is 42.0 Å². The van der Waals surface area contributed by atoms with Crippen LogP contribution in [0.25, 0.3) is 0 Å². The molecule has 0 bridgehead atoms. The topological polar surface area (TPSA) is 21.7 Å². The molecule has 1 aliphatic heterocycles. The summed E-state index contributed by atoms with van der Waals surface area (Å²) in [5, 5.41) is 0. The monoisotopic (exact) mass is 339 g/mol. The summed E-state index contributed by atoms with van der Waals surface area (Å²) in [6.07, 6.45) is 2.02. The summed E-state index contributed by atoms with van der Waals surface area (Å²) < 4.78 is 12.1. The van der Waals surface area contributed by atoms with Gasteiger partial charge in [-0.15, -0.1) is 0 Å². The molecule has 1 aliphatic rings. The van der Waals surface area contributed by atoms with Crippen molar-refractivity contribution in [2.75, 3.05) is 19.8 Å². The average molecular weight is 339 g/mol. The van der Waals surface area contributed by atoms with Crippen molar-refractivity contribution >= 4 is 0 Å². The van der Waals surface area contributed by atoms with E-state index in [1.165, 1.54) is 22.3 Å². The molecular formula is C22H29NO2. The summed E-state index contributed by atoms with van der Waals surface area (Å²) >= 11 is 0. The van der Waals surface area contributed by atoms with E-state index in [0.717, 1.165) is 44.0 Å². The molecule has 0 aliphatic carbocycles. The molecular weight excluding hydrogens is 310 g/mol. The van der Waals surface area contributed by atoms with E-state index in [2.05, 4.69) is 62.1 Å². The molecule has 2 aromatic rings. The van der Waals surface area contributed by atoms with Gasteiger partial charge in [0.25, 0.3) is 0 Å². The van der Waals surface area contributed by atoms with E-state index in [4.69, 9.17) is 9.47 Å². The summed E-state index contributed by atoms with van der Waals surface area (Å²) in [5.74, 6) is 2.02. The number of aryl methyl sites for hydroxylation is 2. The highest BCUT2D eigenvalue weighted by Crippen LogP contribution is 2.27. The van der Waals surface area contributed by atoms with E-state index in [9.17, 15) is 0 Å². The Hall–Kier alpha value is -2.00. The second kappa shape index (κ2) is 8.39. The lowest BCUT2D eigenvalue weighted by Gasteiger charge is -2.25. The van der Waals surface area contributed by atoms with E-state index >= 15 is 0 Å². The number of rotatable bonds is 2. The number of ether oxygens (including phenoxy) is 2. The first kappa shape index (κ1) is 17.8. The van der Waals surface area contributed by atoms with Gasteiger partial charge in [-0.3, -0.25) is 4.90 Å². The number of nitrogens with zero attached hydrogens (tertiary/aromatic N) is 1. The lowest BCUT2D eigenvalue weighted by molar-refractivity contribution is 0.217. The van der Waals surface area contributed by atoms with Crippen LogP contribution in [0, 0.1) is 13.8 Å². The first-order valence-corrected chi connectivity index (χ1v) is 9.32. The summed E-state index contributed by atoms with van der Waals surface area (Å²) in [5.41, 5.74) is 5.13. The fourth-order valence-corrected chi connectivity index (χ4v) is 3.38. The maximum Gasteiger partial charge on any atom is 0.123 e. The standard InChI is InChI=1S/C22H29NO2/c1-4-10-23-15-19-13-17(2)6-8-21(19)24-11-5-12-25-22-9-7-18(3)14-20(22)16-23/h6-9,13-14H,4-5,10-12,15-16H2,1-3H3. The number of benzene rings is 2. The predicted octanol–water partition coefficient (Wildman–Crippen LogP) is 4.88. The highest BCUT2D eigenvalue weighted by molar-refractivity contribution is 5.39. The lowest BCUT2D eigenvalue weighted by Crippen LogP contribution is -2.25. The third-order valence-electron chi connectivity index (χ3n) is 4.56. The molecule has 2 aromatic carbocycles. The van der Waals surface area contributed by atoms with Crippen molar-refractivity contribution in [1.82, 2.24) is 4.90 Å². The SMILES string of the molecule is CCCN1Cc2cc(C)ccc2OCCCOc2ccc(C)cc2C1. The molecule has 3 heteroatoms. The second-order valence-corrected chi connectivity index (χ2v) is 6.98. The average Bonchev–Trinajstić information content (AvgIpc) is 2.57. The van der Waals surface area contributed by atoms with Gasteiger partial charge in [0.05, 0.1) is 13.2 Å². The van der Waals surface area contributed by atoms with Gasteiger partial charge in [0.2, 0.25) is 0 Å². The fourth-order valence-electron chi connectivity index (χ4n) is 3.38. The molecule has 0 spiro atoms. The van der Waals surface area contributed by atoms with Crippen molar-refractivity contribution in [3.63, 3.8) is 0 Å². The Labute approximate surface area is 151 Å². The highest BCUT2D eigenvalue weighted by Gasteiger charge is 2.15. The first-order chi connectivity index (χ1) is 12.2. The minimum Gasteiger partial charge on any atom is -0.493 e. The Kier molecular flexibility index (Phi) is 5.98. The Morgan fingerprint density at radius 1 is 0.840 bits per heavy atom. The summed E-state index contributed by atoms with van der Waals surface area (Å²) in [7, 11) is 0. The van der Waals surface area contributed by atoms with Crippen molar-refractivity contribution in [2.45, 2.75) is 46.7 Å². The summed E-state index contributed by atoms with van der Waals surface area (Å²) in [6.45, 7) is 10.8. The Morgan fingerprint density at radius 2 is 1.36 bits per heavy atom. The minimum absolute atomic E-state index is 0.686. The molecule has 0 amide bonds. The first-order valence-electron chi connectivity index (χ1n) is 9.32. The van der Waals surface area contributed by atoms with Crippen LogP contribution in [0.15, 0.2) is 36.4 Å². The van der Waals surface area contributed by atoms with Gasteiger partial charge >= 0.3 is 0 Å². The van der Waals surface area contributed by atoms with Crippen LogP contribution in [-0.2, 0) is 13.1 Å². The van der Waals surface area contributed by atoms with Crippen molar-refractivity contribution in [1.29, 1.82) is 0 Å².